The van der Waals surface area contributed by atoms with E-state index in [4.69, 9.17) is 27.9 Å². The van der Waals surface area contributed by atoms with Crippen molar-refractivity contribution < 1.29 is 9.13 Å². The summed E-state index contributed by atoms with van der Waals surface area (Å²) in [7, 11) is 0. The SMILES string of the molecule is CCNC[C@H]1CCc2cc(F)cc(-c3c(Cl)cccc3Cl)c2O1. The van der Waals surface area contributed by atoms with Crippen molar-refractivity contribution in [3.05, 3.63) is 51.8 Å². The van der Waals surface area contributed by atoms with Crippen LogP contribution in [-0.4, -0.2) is 19.2 Å². The number of likely N-dealkylation sites (N-methyl/N-ethyl adjacent to an activating group) is 1. The van der Waals surface area contributed by atoms with Crippen LogP contribution in [0, 0.1) is 5.82 Å². The third-order valence-electron chi connectivity index (χ3n) is 4.00. The zero-order valence-electron chi connectivity index (χ0n) is 12.8. The van der Waals surface area contributed by atoms with Crippen LogP contribution in [0.15, 0.2) is 30.3 Å². The van der Waals surface area contributed by atoms with Crippen LogP contribution in [0.25, 0.3) is 11.1 Å². The molecule has 0 spiro atoms. The fourth-order valence-electron chi connectivity index (χ4n) is 2.91. The summed E-state index contributed by atoms with van der Waals surface area (Å²) in [5, 5.41) is 4.27. The molecule has 1 aliphatic heterocycles. The van der Waals surface area contributed by atoms with Gasteiger partial charge in [0, 0.05) is 17.7 Å². The minimum atomic E-state index is -0.302. The first-order valence-corrected chi connectivity index (χ1v) is 8.50. The van der Waals surface area contributed by atoms with E-state index in [9.17, 15) is 4.39 Å². The van der Waals surface area contributed by atoms with E-state index in [2.05, 4.69) is 12.2 Å². The van der Waals surface area contributed by atoms with E-state index >= 15 is 0 Å². The van der Waals surface area contributed by atoms with Crippen molar-refractivity contribution in [1.29, 1.82) is 0 Å². The Morgan fingerprint density at radius 3 is 2.70 bits per heavy atom. The average molecular weight is 354 g/mol. The first-order chi connectivity index (χ1) is 11.1. The van der Waals surface area contributed by atoms with Crippen LogP contribution in [0.5, 0.6) is 5.75 Å². The van der Waals surface area contributed by atoms with Gasteiger partial charge in [-0.1, -0.05) is 36.2 Å². The topological polar surface area (TPSA) is 21.3 Å². The van der Waals surface area contributed by atoms with Gasteiger partial charge in [0.05, 0.1) is 10.0 Å². The molecule has 122 valence electrons. The molecule has 0 saturated heterocycles. The van der Waals surface area contributed by atoms with Crippen LogP contribution in [0.4, 0.5) is 4.39 Å². The second-order valence-electron chi connectivity index (χ2n) is 5.62. The van der Waals surface area contributed by atoms with Crippen LogP contribution in [0.2, 0.25) is 10.0 Å². The highest BCUT2D eigenvalue weighted by Gasteiger charge is 2.25. The fourth-order valence-corrected chi connectivity index (χ4v) is 3.51. The van der Waals surface area contributed by atoms with Crippen molar-refractivity contribution in [3.63, 3.8) is 0 Å². The van der Waals surface area contributed by atoms with Gasteiger partial charge in [-0.05, 0) is 49.2 Å². The molecule has 2 aromatic rings. The standard InChI is InChI=1S/C18H18Cl2FNO/c1-2-22-10-13-7-6-11-8-12(21)9-14(18(11)23-13)17-15(19)4-3-5-16(17)20/h3-5,8-9,13,22H,2,6-7,10H2,1H3/t13-/m1/s1. The highest BCUT2D eigenvalue weighted by atomic mass is 35.5. The summed E-state index contributed by atoms with van der Waals surface area (Å²) in [6, 6.07) is 8.25. The van der Waals surface area contributed by atoms with Crippen LogP contribution in [0.1, 0.15) is 18.9 Å². The Morgan fingerprint density at radius 2 is 2.00 bits per heavy atom. The normalized spacial score (nSPS) is 16.8. The maximum absolute atomic E-state index is 14.0. The maximum Gasteiger partial charge on any atom is 0.131 e. The maximum atomic E-state index is 14.0. The van der Waals surface area contributed by atoms with Crippen molar-refractivity contribution in [3.8, 4) is 16.9 Å². The molecule has 2 aromatic carbocycles. The number of nitrogens with one attached hydrogen (secondary N) is 1. The summed E-state index contributed by atoms with van der Waals surface area (Å²) >= 11 is 12.6. The quantitative estimate of drug-likeness (QED) is 0.825. The Bertz CT molecular complexity index is 700. The monoisotopic (exact) mass is 353 g/mol. The molecule has 0 saturated carbocycles. The lowest BCUT2D eigenvalue weighted by Crippen LogP contribution is -2.34. The smallest absolute Gasteiger partial charge is 0.131 e. The Hall–Kier alpha value is -1.29. The number of hydrogen-bond donors (Lipinski definition) is 1. The first kappa shape index (κ1) is 16.6. The largest absolute Gasteiger partial charge is 0.488 e. The van der Waals surface area contributed by atoms with Crippen molar-refractivity contribution >= 4 is 23.2 Å². The lowest BCUT2D eigenvalue weighted by Gasteiger charge is -2.28. The number of halogens is 3. The molecule has 0 fully saturated rings. The molecular formula is C18H18Cl2FNO. The van der Waals surface area contributed by atoms with Crippen molar-refractivity contribution in [2.24, 2.45) is 0 Å². The molecule has 1 heterocycles. The Kier molecular flexibility index (Phi) is 5.10. The van der Waals surface area contributed by atoms with Gasteiger partial charge in [0.1, 0.15) is 17.7 Å². The van der Waals surface area contributed by atoms with Gasteiger partial charge in [0.25, 0.3) is 0 Å². The first-order valence-electron chi connectivity index (χ1n) is 7.74. The van der Waals surface area contributed by atoms with Crippen LogP contribution in [-0.2, 0) is 6.42 Å². The summed E-state index contributed by atoms with van der Waals surface area (Å²) in [5.41, 5.74) is 2.11. The molecule has 1 N–H and O–H groups in total. The molecule has 0 radical (unpaired) electrons. The van der Waals surface area contributed by atoms with E-state index < -0.39 is 0 Å². The predicted octanol–water partition coefficient (Wildman–Crippen LogP) is 5.10. The van der Waals surface area contributed by atoms with Gasteiger partial charge in [-0.25, -0.2) is 4.39 Å². The highest BCUT2D eigenvalue weighted by Crippen LogP contribution is 2.44. The van der Waals surface area contributed by atoms with Crippen LogP contribution >= 0.6 is 23.2 Å². The third kappa shape index (κ3) is 3.47. The number of hydrogen-bond acceptors (Lipinski definition) is 2. The van der Waals surface area contributed by atoms with Gasteiger partial charge >= 0.3 is 0 Å². The molecule has 0 aliphatic carbocycles. The minimum absolute atomic E-state index is 0.0629. The van der Waals surface area contributed by atoms with E-state index in [0.717, 1.165) is 31.5 Å². The molecule has 23 heavy (non-hydrogen) atoms. The summed E-state index contributed by atoms with van der Waals surface area (Å²) in [5.74, 6) is 0.388. The Morgan fingerprint density at radius 1 is 1.26 bits per heavy atom. The van der Waals surface area contributed by atoms with Crippen LogP contribution < -0.4 is 10.1 Å². The highest BCUT2D eigenvalue weighted by molar-refractivity contribution is 6.39. The molecule has 1 atom stereocenters. The van der Waals surface area contributed by atoms with Crippen molar-refractivity contribution in [2.75, 3.05) is 13.1 Å². The molecule has 0 aromatic heterocycles. The van der Waals surface area contributed by atoms with Crippen LogP contribution in [0.3, 0.4) is 0 Å². The number of benzene rings is 2. The van der Waals surface area contributed by atoms with Crippen molar-refractivity contribution in [2.45, 2.75) is 25.9 Å². The van der Waals surface area contributed by atoms with Gasteiger partial charge in [-0.15, -0.1) is 0 Å². The van der Waals surface area contributed by atoms with Crippen molar-refractivity contribution in [1.82, 2.24) is 5.32 Å². The lowest BCUT2D eigenvalue weighted by atomic mass is 9.95. The molecular weight excluding hydrogens is 336 g/mol. The van der Waals surface area contributed by atoms with Gasteiger partial charge in [-0.3, -0.25) is 0 Å². The zero-order chi connectivity index (χ0) is 16.4. The summed E-state index contributed by atoms with van der Waals surface area (Å²) in [6.07, 6.45) is 1.70. The summed E-state index contributed by atoms with van der Waals surface area (Å²) in [4.78, 5) is 0. The Labute approximate surface area is 145 Å². The second kappa shape index (κ2) is 7.08. The van der Waals surface area contributed by atoms with E-state index in [1.807, 2.05) is 0 Å². The van der Waals surface area contributed by atoms with E-state index in [0.29, 0.717) is 26.9 Å². The average Bonchev–Trinajstić information content (AvgIpc) is 2.52. The third-order valence-corrected chi connectivity index (χ3v) is 4.63. The minimum Gasteiger partial charge on any atom is -0.488 e. The van der Waals surface area contributed by atoms with E-state index in [-0.39, 0.29) is 11.9 Å². The molecule has 0 unspecified atom stereocenters. The zero-order valence-corrected chi connectivity index (χ0v) is 14.3. The number of rotatable bonds is 4. The molecule has 1 aliphatic rings. The number of ether oxygens (including phenoxy) is 1. The van der Waals surface area contributed by atoms with Gasteiger partial charge in [-0.2, -0.15) is 0 Å². The Balaban J connectivity index is 2.07. The van der Waals surface area contributed by atoms with Gasteiger partial charge in [0.2, 0.25) is 0 Å². The number of fused-ring (bicyclic) bond motifs is 1. The second-order valence-corrected chi connectivity index (χ2v) is 6.44. The summed E-state index contributed by atoms with van der Waals surface area (Å²) in [6.45, 7) is 3.71. The van der Waals surface area contributed by atoms with Gasteiger partial charge in [0.15, 0.2) is 0 Å². The fraction of sp³-hybridized carbons (Fsp3) is 0.333. The molecule has 3 rings (SSSR count). The van der Waals surface area contributed by atoms with Gasteiger partial charge < -0.3 is 10.1 Å². The summed E-state index contributed by atoms with van der Waals surface area (Å²) < 4.78 is 20.2. The lowest BCUT2D eigenvalue weighted by molar-refractivity contribution is 0.172. The van der Waals surface area contributed by atoms with E-state index in [1.54, 1.807) is 18.2 Å². The number of aryl methyl sites for hydroxylation is 1. The molecule has 0 bridgehead atoms. The molecule has 0 amide bonds. The predicted molar refractivity (Wildman–Crippen MR) is 93.1 cm³/mol. The molecule has 2 nitrogen and oxygen atoms in total. The molecule has 5 heteroatoms. The van der Waals surface area contributed by atoms with E-state index in [1.165, 1.54) is 12.1 Å².